The molecule has 0 amide bonds. The summed E-state index contributed by atoms with van der Waals surface area (Å²) in [5.74, 6) is 0.743. The Bertz CT molecular complexity index is 718. The number of imidazole rings is 1. The van der Waals surface area contributed by atoms with E-state index >= 15 is 0 Å². The molecule has 0 bridgehead atoms. The number of anilines is 1. The molecule has 2 aliphatic rings. The van der Waals surface area contributed by atoms with Gasteiger partial charge in [0.15, 0.2) is 23.2 Å². The average Bonchev–Trinajstić information content (AvgIpc) is 3.17. The number of rotatable bonds is 3. The van der Waals surface area contributed by atoms with E-state index in [1.807, 2.05) is 0 Å². The number of fused-ring (bicyclic) bond motifs is 1. The van der Waals surface area contributed by atoms with E-state index in [1.54, 1.807) is 4.57 Å². The first kappa shape index (κ1) is 15.7. The maximum absolute atomic E-state index is 10.2. The Morgan fingerprint density at radius 2 is 1.96 bits per heavy atom. The molecule has 2 fully saturated rings. The van der Waals surface area contributed by atoms with Crippen LogP contribution >= 0.6 is 0 Å². The Balaban J connectivity index is 1.71. The van der Waals surface area contributed by atoms with Gasteiger partial charge >= 0.3 is 0 Å². The first-order valence-corrected chi connectivity index (χ1v) is 7.96. The largest absolute Gasteiger partial charge is 0.394 e. The van der Waals surface area contributed by atoms with Crippen molar-refractivity contribution in [3.05, 3.63) is 12.7 Å². The van der Waals surface area contributed by atoms with Crippen LogP contribution in [0.5, 0.6) is 0 Å². The second-order valence-electron chi connectivity index (χ2n) is 5.99. The van der Waals surface area contributed by atoms with Gasteiger partial charge in [-0.15, -0.1) is 0 Å². The summed E-state index contributed by atoms with van der Waals surface area (Å²) in [5.41, 5.74) is 1.14. The summed E-state index contributed by atoms with van der Waals surface area (Å²) in [6.45, 7) is 3.03. The molecule has 2 saturated heterocycles. The zero-order valence-corrected chi connectivity index (χ0v) is 13.0. The minimum atomic E-state index is -1.17. The lowest BCUT2D eigenvalue weighted by Gasteiger charge is -2.28. The molecule has 2 aliphatic heterocycles. The number of hydrogen-bond donors (Lipinski definition) is 4. The van der Waals surface area contributed by atoms with Crippen LogP contribution in [0.4, 0.5) is 5.82 Å². The molecule has 4 heterocycles. The van der Waals surface area contributed by atoms with Crippen molar-refractivity contribution >= 4 is 17.0 Å². The van der Waals surface area contributed by atoms with Gasteiger partial charge in [-0.25, -0.2) is 15.0 Å². The van der Waals surface area contributed by atoms with Gasteiger partial charge in [0.2, 0.25) is 0 Å². The number of nitrogens with one attached hydrogen (secondary N) is 1. The molecule has 0 radical (unpaired) electrons. The summed E-state index contributed by atoms with van der Waals surface area (Å²) < 4.78 is 7.14. The van der Waals surface area contributed by atoms with Crippen LogP contribution in [-0.4, -0.2) is 85.9 Å². The molecule has 4 N–H and O–H groups in total. The van der Waals surface area contributed by atoms with Crippen molar-refractivity contribution in [3.8, 4) is 0 Å². The molecule has 10 heteroatoms. The second kappa shape index (κ2) is 6.22. The molecule has 130 valence electrons. The summed E-state index contributed by atoms with van der Waals surface area (Å²) in [6, 6.07) is 0. The Kier molecular flexibility index (Phi) is 4.06. The molecule has 10 nitrogen and oxygen atoms in total. The number of aromatic nitrogens is 4. The lowest BCUT2D eigenvalue weighted by atomic mass is 10.1. The molecule has 2 aromatic rings. The normalized spacial score (nSPS) is 31.0. The number of aliphatic hydroxyl groups is 3. The average molecular weight is 336 g/mol. The van der Waals surface area contributed by atoms with Gasteiger partial charge in [0, 0.05) is 26.2 Å². The Labute approximate surface area is 137 Å². The molecule has 0 spiro atoms. The van der Waals surface area contributed by atoms with Crippen molar-refractivity contribution < 1.29 is 20.1 Å². The van der Waals surface area contributed by atoms with Crippen molar-refractivity contribution in [1.82, 2.24) is 24.8 Å². The van der Waals surface area contributed by atoms with E-state index in [4.69, 9.17) is 4.74 Å². The van der Waals surface area contributed by atoms with E-state index in [9.17, 15) is 15.3 Å². The van der Waals surface area contributed by atoms with Crippen molar-refractivity contribution in [2.24, 2.45) is 0 Å². The van der Waals surface area contributed by atoms with Gasteiger partial charge in [-0.2, -0.15) is 0 Å². The zero-order valence-electron chi connectivity index (χ0n) is 13.0. The van der Waals surface area contributed by atoms with Crippen molar-refractivity contribution in [3.63, 3.8) is 0 Å². The predicted octanol–water partition coefficient (Wildman–Crippen LogP) is -2.15. The topological polar surface area (TPSA) is 129 Å². The maximum Gasteiger partial charge on any atom is 0.167 e. The standard InChI is InChI=1S/C14H20N6O4/c21-5-8-10(22)11(23)14(24-8)20-7-18-9-12(16-6-17-13(9)20)19-3-1-15-2-4-19/h6-8,10-11,14-15,21-23H,1-5H2/t8-,10?,11+,14-/m1/s1. The van der Waals surface area contributed by atoms with Crippen LogP contribution < -0.4 is 10.2 Å². The maximum atomic E-state index is 10.2. The highest BCUT2D eigenvalue weighted by molar-refractivity contribution is 5.83. The van der Waals surface area contributed by atoms with E-state index in [0.29, 0.717) is 11.2 Å². The van der Waals surface area contributed by atoms with Crippen LogP contribution in [-0.2, 0) is 4.74 Å². The number of aliphatic hydroxyl groups excluding tert-OH is 3. The van der Waals surface area contributed by atoms with Gasteiger partial charge in [0.25, 0.3) is 0 Å². The third kappa shape index (κ3) is 2.43. The monoisotopic (exact) mass is 336 g/mol. The van der Waals surface area contributed by atoms with Gasteiger partial charge < -0.3 is 30.3 Å². The van der Waals surface area contributed by atoms with Crippen LogP contribution in [0.25, 0.3) is 11.2 Å². The van der Waals surface area contributed by atoms with E-state index < -0.39 is 24.5 Å². The molecule has 1 unspecified atom stereocenters. The molecule has 0 aromatic carbocycles. The lowest BCUT2D eigenvalue weighted by Crippen LogP contribution is -2.44. The van der Waals surface area contributed by atoms with Crippen LogP contribution in [0, 0.1) is 0 Å². The molecule has 2 aromatic heterocycles. The zero-order chi connectivity index (χ0) is 16.7. The predicted molar refractivity (Wildman–Crippen MR) is 83.4 cm³/mol. The molecular weight excluding hydrogens is 316 g/mol. The Morgan fingerprint density at radius 3 is 2.67 bits per heavy atom. The molecular formula is C14H20N6O4. The number of ether oxygens (including phenoxy) is 1. The van der Waals surface area contributed by atoms with Gasteiger partial charge in [-0.05, 0) is 0 Å². The summed E-state index contributed by atoms with van der Waals surface area (Å²) in [7, 11) is 0. The summed E-state index contributed by atoms with van der Waals surface area (Å²) in [4.78, 5) is 15.1. The Hall–Kier alpha value is -1.85. The summed E-state index contributed by atoms with van der Waals surface area (Å²) in [6.07, 6.45) is -1.04. The van der Waals surface area contributed by atoms with Crippen LogP contribution in [0.2, 0.25) is 0 Å². The van der Waals surface area contributed by atoms with Crippen LogP contribution in [0.15, 0.2) is 12.7 Å². The minimum absolute atomic E-state index is 0.373. The minimum Gasteiger partial charge on any atom is -0.394 e. The second-order valence-corrected chi connectivity index (χ2v) is 5.99. The SMILES string of the molecule is OC[C@H]1O[C@@H](n2cnc3c(N4CCNCC4)ncnc32)[C@@H](O)C1O. The van der Waals surface area contributed by atoms with Gasteiger partial charge in [0.1, 0.15) is 24.6 Å². The lowest BCUT2D eigenvalue weighted by molar-refractivity contribution is -0.0511. The molecule has 0 aliphatic carbocycles. The van der Waals surface area contributed by atoms with Crippen molar-refractivity contribution in [2.75, 3.05) is 37.7 Å². The highest BCUT2D eigenvalue weighted by Crippen LogP contribution is 2.32. The molecule has 24 heavy (non-hydrogen) atoms. The highest BCUT2D eigenvalue weighted by Gasteiger charge is 2.44. The fraction of sp³-hybridized carbons (Fsp3) is 0.643. The van der Waals surface area contributed by atoms with Gasteiger partial charge in [-0.1, -0.05) is 0 Å². The Morgan fingerprint density at radius 1 is 1.17 bits per heavy atom. The van der Waals surface area contributed by atoms with Crippen LogP contribution in [0.1, 0.15) is 6.23 Å². The van der Waals surface area contributed by atoms with Crippen molar-refractivity contribution in [1.29, 1.82) is 0 Å². The fourth-order valence-corrected chi connectivity index (χ4v) is 3.24. The summed E-state index contributed by atoms with van der Waals surface area (Å²) >= 11 is 0. The smallest absolute Gasteiger partial charge is 0.167 e. The quantitative estimate of drug-likeness (QED) is 0.496. The van der Waals surface area contributed by atoms with Gasteiger partial charge in [-0.3, -0.25) is 4.57 Å². The highest BCUT2D eigenvalue weighted by atomic mass is 16.6. The van der Waals surface area contributed by atoms with E-state index in [1.165, 1.54) is 12.7 Å². The van der Waals surface area contributed by atoms with E-state index in [2.05, 4.69) is 25.2 Å². The molecule has 4 rings (SSSR count). The first-order chi connectivity index (χ1) is 11.7. The van der Waals surface area contributed by atoms with Crippen molar-refractivity contribution in [2.45, 2.75) is 24.5 Å². The van der Waals surface area contributed by atoms with Crippen LogP contribution in [0.3, 0.4) is 0 Å². The summed E-state index contributed by atoms with van der Waals surface area (Å²) in [5, 5.41) is 32.7. The van der Waals surface area contributed by atoms with Gasteiger partial charge in [0.05, 0.1) is 12.9 Å². The molecule has 0 saturated carbocycles. The first-order valence-electron chi connectivity index (χ1n) is 7.96. The number of piperazine rings is 1. The number of nitrogens with zero attached hydrogens (tertiary/aromatic N) is 5. The molecule has 4 atom stereocenters. The fourth-order valence-electron chi connectivity index (χ4n) is 3.24. The number of hydrogen-bond acceptors (Lipinski definition) is 9. The van der Waals surface area contributed by atoms with E-state index in [0.717, 1.165) is 32.0 Å². The van der Waals surface area contributed by atoms with E-state index in [-0.39, 0.29) is 6.61 Å². The third-order valence-electron chi connectivity index (χ3n) is 4.55. The third-order valence-corrected chi connectivity index (χ3v) is 4.55.